The zero-order valence-electron chi connectivity index (χ0n) is 24.4. The van der Waals surface area contributed by atoms with E-state index >= 15 is 0 Å². The molecule has 0 unspecified atom stereocenters. The Balaban J connectivity index is 1.33. The molecule has 0 atom stereocenters. The molecular formula is C44H26S. The smallest absolute Gasteiger partial charge is 0.0362 e. The first-order valence-electron chi connectivity index (χ1n) is 15.5. The molecule has 0 saturated carbocycles. The zero-order valence-corrected chi connectivity index (χ0v) is 25.2. The summed E-state index contributed by atoms with van der Waals surface area (Å²) in [5.74, 6) is 0. The van der Waals surface area contributed by atoms with Gasteiger partial charge in [-0.1, -0.05) is 133 Å². The molecule has 0 aliphatic carbocycles. The minimum Gasteiger partial charge on any atom is -0.135 e. The van der Waals surface area contributed by atoms with Gasteiger partial charge in [0.1, 0.15) is 0 Å². The summed E-state index contributed by atoms with van der Waals surface area (Å²) in [5.41, 5.74) is 5.10. The Labute approximate surface area is 264 Å². The van der Waals surface area contributed by atoms with Crippen molar-refractivity contribution < 1.29 is 0 Å². The Morgan fingerprint density at radius 3 is 1.36 bits per heavy atom. The molecule has 0 radical (unpaired) electrons. The quantitative estimate of drug-likeness (QED) is 0.140. The second kappa shape index (κ2) is 9.50. The molecule has 0 amide bonds. The van der Waals surface area contributed by atoms with Gasteiger partial charge < -0.3 is 0 Å². The lowest BCUT2D eigenvalue weighted by Gasteiger charge is -2.18. The van der Waals surface area contributed by atoms with Crippen molar-refractivity contribution in [3.05, 3.63) is 158 Å². The summed E-state index contributed by atoms with van der Waals surface area (Å²) in [5, 5.41) is 15.7. The van der Waals surface area contributed by atoms with Crippen molar-refractivity contribution in [2.75, 3.05) is 0 Å². The first kappa shape index (κ1) is 24.9. The normalized spacial score (nSPS) is 12.0. The van der Waals surface area contributed by atoms with Crippen LogP contribution < -0.4 is 0 Å². The standard InChI is InChI=1S/C44H26S/c1-2-12-27(13-3-1)43-33-17-6-8-19-35(33)44(36-20-9-7-18-34(36)43)28-22-23-31-37(24-28)29-14-4-5-15-30(29)39-26-42-40(25-38(31)39)32-16-10-11-21-41(32)45-42/h1-26H. The van der Waals surface area contributed by atoms with E-state index in [1.807, 2.05) is 11.3 Å². The van der Waals surface area contributed by atoms with Crippen LogP contribution in [-0.4, -0.2) is 0 Å². The maximum atomic E-state index is 2.45. The average Bonchev–Trinajstić information content (AvgIpc) is 3.47. The van der Waals surface area contributed by atoms with Crippen LogP contribution in [0, 0.1) is 0 Å². The molecule has 0 spiro atoms. The second-order valence-electron chi connectivity index (χ2n) is 12.0. The van der Waals surface area contributed by atoms with E-state index < -0.39 is 0 Å². The van der Waals surface area contributed by atoms with Crippen molar-refractivity contribution in [1.29, 1.82) is 0 Å². The Morgan fingerprint density at radius 1 is 0.244 bits per heavy atom. The number of fused-ring (bicyclic) bond motifs is 11. The zero-order chi connectivity index (χ0) is 29.5. The average molecular weight is 587 g/mol. The molecule has 0 aliphatic heterocycles. The molecular weight excluding hydrogens is 561 g/mol. The lowest BCUT2D eigenvalue weighted by atomic mass is 9.85. The molecule has 0 fully saturated rings. The van der Waals surface area contributed by atoms with Crippen molar-refractivity contribution in [2.45, 2.75) is 0 Å². The molecule has 1 aromatic heterocycles. The van der Waals surface area contributed by atoms with Crippen LogP contribution in [0.2, 0.25) is 0 Å². The maximum absolute atomic E-state index is 2.45. The highest BCUT2D eigenvalue weighted by atomic mass is 32.1. The van der Waals surface area contributed by atoms with Crippen molar-refractivity contribution >= 4 is 85.4 Å². The molecule has 9 aromatic carbocycles. The Kier molecular flexibility index (Phi) is 5.25. The van der Waals surface area contributed by atoms with E-state index in [9.17, 15) is 0 Å². The van der Waals surface area contributed by atoms with E-state index in [-0.39, 0.29) is 0 Å². The molecule has 0 N–H and O–H groups in total. The number of rotatable bonds is 2. The molecule has 208 valence electrons. The van der Waals surface area contributed by atoms with Crippen molar-refractivity contribution in [1.82, 2.24) is 0 Å². The number of hydrogen-bond acceptors (Lipinski definition) is 1. The Hall–Kier alpha value is -5.50. The highest BCUT2D eigenvalue weighted by Gasteiger charge is 2.18. The van der Waals surface area contributed by atoms with Gasteiger partial charge in [0.15, 0.2) is 0 Å². The van der Waals surface area contributed by atoms with E-state index in [2.05, 4.69) is 158 Å². The summed E-state index contributed by atoms with van der Waals surface area (Å²) in [6.45, 7) is 0. The van der Waals surface area contributed by atoms with Crippen LogP contribution in [0.3, 0.4) is 0 Å². The van der Waals surface area contributed by atoms with E-state index in [1.54, 1.807) is 0 Å². The first-order valence-corrected chi connectivity index (χ1v) is 16.3. The van der Waals surface area contributed by atoms with Crippen molar-refractivity contribution in [2.24, 2.45) is 0 Å². The number of benzene rings is 9. The largest absolute Gasteiger partial charge is 0.135 e. The van der Waals surface area contributed by atoms with Gasteiger partial charge in [-0.2, -0.15) is 0 Å². The summed E-state index contributed by atoms with van der Waals surface area (Å²) in [4.78, 5) is 0. The fourth-order valence-electron chi connectivity index (χ4n) is 7.68. The monoisotopic (exact) mass is 586 g/mol. The van der Waals surface area contributed by atoms with Crippen molar-refractivity contribution in [3.8, 4) is 22.3 Å². The summed E-state index contributed by atoms with van der Waals surface area (Å²) in [6.07, 6.45) is 0. The van der Waals surface area contributed by atoms with E-state index in [1.165, 1.54) is 96.3 Å². The summed E-state index contributed by atoms with van der Waals surface area (Å²) >= 11 is 1.89. The number of hydrogen-bond donors (Lipinski definition) is 0. The van der Waals surface area contributed by atoms with Crippen LogP contribution in [0.4, 0.5) is 0 Å². The fraction of sp³-hybridized carbons (Fsp3) is 0. The molecule has 10 aromatic rings. The third kappa shape index (κ3) is 3.59. The second-order valence-corrected chi connectivity index (χ2v) is 13.1. The van der Waals surface area contributed by atoms with Gasteiger partial charge in [0.25, 0.3) is 0 Å². The van der Waals surface area contributed by atoms with Gasteiger partial charge in [-0.15, -0.1) is 11.3 Å². The van der Waals surface area contributed by atoms with E-state index in [0.29, 0.717) is 0 Å². The van der Waals surface area contributed by atoms with Crippen LogP contribution in [0.1, 0.15) is 0 Å². The first-order chi connectivity index (χ1) is 22.3. The van der Waals surface area contributed by atoms with Crippen LogP contribution >= 0.6 is 11.3 Å². The topological polar surface area (TPSA) is 0 Å². The predicted octanol–water partition coefficient (Wildman–Crippen LogP) is 13.2. The van der Waals surface area contributed by atoms with Crippen molar-refractivity contribution in [3.63, 3.8) is 0 Å². The molecule has 1 heteroatoms. The lowest BCUT2D eigenvalue weighted by Crippen LogP contribution is -1.91. The van der Waals surface area contributed by atoms with Gasteiger partial charge in [0.05, 0.1) is 0 Å². The lowest BCUT2D eigenvalue weighted by molar-refractivity contribution is 1.66. The molecule has 1 heterocycles. The minimum absolute atomic E-state index is 1.25. The molecule has 0 saturated heterocycles. The van der Waals surface area contributed by atoms with Crippen LogP contribution in [0.15, 0.2) is 158 Å². The van der Waals surface area contributed by atoms with Crippen LogP contribution in [0.5, 0.6) is 0 Å². The molecule has 45 heavy (non-hydrogen) atoms. The minimum atomic E-state index is 1.25. The summed E-state index contributed by atoms with van der Waals surface area (Å²) in [6, 6.07) is 58.5. The molecule has 10 rings (SSSR count). The Bertz CT molecular complexity index is 2740. The highest BCUT2D eigenvalue weighted by Crippen LogP contribution is 2.46. The Morgan fingerprint density at radius 2 is 0.711 bits per heavy atom. The molecule has 0 aliphatic rings. The SMILES string of the molecule is c1ccc(-c2c3ccccc3c(-c3ccc4c(c3)c3ccccc3c3cc5sc6ccccc6c5cc43)c3ccccc23)cc1. The van der Waals surface area contributed by atoms with Crippen LogP contribution in [-0.2, 0) is 0 Å². The highest BCUT2D eigenvalue weighted by molar-refractivity contribution is 7.25. The van der Waals surface area contributed by atoms with Gasteiger partial charge in [0.2, 0.25) is 0 Å². The van der Waals surface area contributed by atoms with Gasteiger partial charge in [-0.3, -0.25) is 0 Å². The summed E-state index contributed by atoms with van der Waals surface area (Å²) in [7, 11) is 0. The predicted molar refractivity (Wildman–Crippen MR) is 198 cm³/mol. The van der Waals surface area contributed by atoms with Gasteiger partial charge in [0, 0.05) is 20.2 Å². The van der Waals surface area contributed by atoms with E-state index in [0.717, 1.165) is 0 Å². The fourth-order valence-corrected chi connectivity index (χ4v) is 8.81. The van der Waals surface area contributed by atoms with Gasteiger partial charge in [-0.25, -0.2) is 0 Å². The van der Waals surface area contributed by atoms with E-state index in [4.69, 9.17) is 0 Å². The maximum Gasteiger partial charge on any atom is 0.0362 e. The van der Waals surface area contributed by atoms with Gasteiger partial charge in [-0.05, 0) is 100 Å². The summed E-state index contributed by atoms with van der Waals surface area (Å²) < 4.78 is 2.69. The number of thiophene rings is 1. The molecule has 0 nitrogen and oxygen atoms in total. The third-order valence-corrected chi connectivity index (χ3v) is 10.8. The van der Waals surface area contributed by atoms with Gasteiger partial charge >= 0.3 is 0 Å². The third-order valence-electron chi connectivity index (χ3n) is 9.62. The molecule has 0 bridgehead atoms. The van der Waals surface area contributed by atoms with Crippen LogP contribution in [0.25, 0.3) is 96.3 Å².